The quantitative estimate of drug-likeness (QED) is 0.635. The van der Waals surface area contributed by atoms with Crippen LogP contribution in [-0.2, 0) is 4.74 Å². The van der Waals surface area contributed by atoms with Crippen LogP contribution in [0.25, 0.3) is 0 Å². The molecule has 1 saturated carbocycles. The molecule has 0 aliphatic heterocycles. The van der Waals surface area contributed by atoms with Crippen LogP contribution in [0.5, 0.6) is 0 Å². The summed E-state index contributed by atoms with van der Waals surface area (Å²) in [7, 11) is 0. The molecule has 0 N–H and O–H groups in total. The SMILES string of the molecule is CC(C)(C)C=CC1(COC(C)(C)C)CC1. The summed E-state index contributed by atoms with van der Waals surface area (Å²) in [6, 6.07) is 0. The normalized spacial score (nSPS) is 20.9. The summed E-state index contributed by atoms with van der Waals surface area (Å²) >= 11 is 0. The second-order valence-corrected chi connectivity index (χ2v) is 6.96. The van der Waals surface area contributed by atoms with Gasteiger partial charge in [-0.25, -0.2) is 0 Å². The minimum atomic E-state index is -0.00877. The molecule has 0 aromatic carbocycles. The van der Waals surface area contributed by atoms with Gasteiger partial charge in [0, 0.05) is 5.41 Å². The molecule has 0 amide bonds. The van der Waals surface area contributed by atoms with Crippen molar-refractivity contribution in [2.45, 2.75) is 60.0 Å². The maximum atomic E-state index is 5.87. The van der Waals surface area contributed by atoms with E-state index in [0.29, 0.717) is 5.41 Å². The van der Waals surface area contributed by atoms with Crippen molar-refractivity contribution in [2.75, 3.05) is 6.61 Å². The van der Waals surface area contributed by atoms with Gasteiger partial charge in [-0.15, -0.1) is 0 Å². The number of rotatable bonds is 3. The van der Waals surface area contributed by atoms with E-state index in [1.54, 1.807) is 0 Å². The predicted octanol–water partition coefficient (Wildman–Crippen LogP) is 4.18. The number of ether oxygens (including phenoxy) is 1. The van der Waals surface area contributed by atoms with Crippen LogP contribution in [-0.4, -0.2) is 12.2 Å². The summed E-state index contributed by atoms with van der Waals surface area (Å²) in [5.41, 5.74) is 0.642. The van der Waals surface area contributed by atoms with Crippen molar-refractivity contribution >= 4 is 0 Å². The van der Waals surface area contributed by atoms with E-state index >= 15 is 0 Å². The van der Waals surface area contributed by atoms with Crippen molar-refractivity contribution in [3.8, 4) is 0 Å². The van der Waals surface area contributed by atoms with E-state index in [4.69, 9.17) is 4.74 Å². The fourth-order valence-corrected chi connectivity index (χ4v) is 1.31. The maximum absolute atomic E-state index is 5.87. The highest BCUT2D eigenvalue weighted by Gasteiger charge is 2.41. The highest BCUT2D eigenvalue weighted by atomic mass is 16.5. The van der Waals surface area contributed by atoms with E-state index < -0.39 is 0 Å². The van der Waals surface area contributed by atoms with Gasteiger partial charge in [0.1, 0.15) is 0 Å². The number of allylic oxidation sites excluding steroid dienone is 1. The fraction of sp³-hybridized carbons (Fsp3) is 0.857. The highest BCUT2D eigenvalue weighted by molar-refractivity contribution is 5.11. The number of hydrogen-bond donors (Lipinski definition) is 0. The lowest BCUT2D eigenvalue weighted by Crippen LogP contribution is -2.23. The summed E-state index contributed by atoms with van der Waals surface area (Å²) in [6.45, 7) is 14.0. The molecule has 1 nitrogen and oxygen atoms in total. The molecule has 1 rings (SSSR count). The lowest BCUT2D eigenvalue weighted by molar-refractivity contribution is -0.0199. The van der Waals surface area contributed by atoms with Gasteiger partial charge in [-0.1, -0.05) is 32.9 Å². The largest absolute Gasteiger partial charge is 0.375 e. The van der Waals surface area contributed by atoms with Gasteiger partial charge in [-0.2, -0.15) is 0 Å². The summed E-state index contributed by atoms with van der Waals surface area (Å²) in [5, 5.41) is 0. The molecule has 1 aliphatic carbocycles. The second kappa shape index (κ2) is 3.93. The van der Waals surface area contributed by atoms with Crippen LogP contribution in [0.4, 0.5) is 0 Å². The second-order valence-electron chi connectivity index (χ2n) is 6.96. The van der Waals surface area contributed by atoms with Crippen molar-refractivity contribution in [2.24, 2.45) is 10.8 Å². The Morgan fingerprint density at radius 2 is 1.60 bits per heavy atom. The predicted molar refractivity (Wildman–Crippen MR) is 66.0 cm³/mol. The molecule has 1 aliphatic rings. The zero-order valence-corrected chi connectivity index (χ0v) is 11.2. The average Bonchev–Trinajstić information content (AvgIpc) is 2.76. The first-order chi connectivity index (χ1) is 6.62. The molecule has 0 unspecified atom stereocenters. The van der Waals surface area contributed by atoms with Crippen LogP contribution in [0, 0.1) is 10.8 Å². The molecule has 0 spiro atoms. The third kappa shape index (κ3) is 5.36. The molecule has 1 heteroatoms. The molecular formula is C14H26O. The molecule has 0 aromatic heterocycles. The minimum absolute atomic E-state index is 0.00877. The van der Waals surface area contributed by atoms with Gasteiger partial charge in [-0.05, 0) is 39.0 Å². The maximum Gasteiger partial charge on any atom is 0.0598 e. The van der Waals surface area contributed by atoms with Gasteiger partial charge in [0.05, 0.1) is 12.2 Å². The highest BCUT2D eigenvalue weighted by Crippen LogP contribution is 2.48. The smallest absolute Gasteiger partial charge is 0.0598 e. The molecular weight excluding hydrogens is 184 g/mol. The Morgan fingerprint density at radius 3 is 1.93 bits per heavy atom. The zero-order valence-electron chi connectivity index (χ0n) is 11.2. The first-order valence-corrected chi connectivity index (χ1v) is 5.96. The molecule has 88 valence electrons. The first-order valence-electron chi connectivity index (χ1n) is 5.96. The zero-order chi connectivity index (χ0) is 11.7. The summed E-state index contributed by atoms with van der Waals surface area (Å²) in [5.74, 6) is 0. The molecule has 0 radical (unpaired) electrons. The van der Waals surface area contributed by atoms with Crippen LogP contribution in [0.3, 0.4) is 0 Å². The summed E-state index contributed by atoms with van der Waals surface area (Å²) < 4.78 is 5.87. The molecule has 0 saturated heterocycles. The van der Waals surface area contributed by atoms with Crippen LogP contribution in [0.15, 0.2) is 12.2 Å². The molecule has 15 heavy (non-hydrogen) atoms. The Bertz CT molecular complexity index is 233. The van der Waals surface area contributed by atoms with Crippen LogP contribution >= 0.6 is 0 Å². The fourth-order valence-electron chi connectivity index (χ4n) is 1.31. The van der Waals surface area contributed by atoms with Crippen molar-refractivity contribution in [3.63, 3.8) is 0 Å². The van der Waals surface area contributed by atoms with E-state index in [0.717, 1.165) is 6.61 Å². The Kier molecular flexibility index (Phi) is 3.35. The van der Waals surface area contributed by atoms with Crippen LogP contribution in [0.1, 0.15) is 54.4 Å². The molecule has 1 fully saturated rings. The lowest BCUT2D eigenvalue weighted by Gasteiger charge is -2.23. The van der Waals surface area contributed by atoms with Crippen molar-refractivity contribution < 1.29 is 4.74 Å². The van der Waals surface area contributed by atoms with Gasteiger partial charge in [0.25, 0.3) is 0 Å². The van der Waals surface area contributed by atoms with Crippen molar-refractivity contribution in [1.82, 2.24) is 0 Å². The summed E-state index contributed by atoms with van der Waals surface area (Å²) in [6.07, 6.45) is 7.27. The van der Waals surface area contributed by atoms with Gasteiger partial charge >= 0.3 is 0 Å². The lowest BCUT2D eigenvalue weighted by atomic mass is 9.93. The van der Waals surface area contributed by atoms with E-state index in [1.807, 2.05) is 0 Å². The van der Waals surface area contributed by atoms with Gasteiger partial charge < -0.3 is 4.74 Å². The third-order valence-electron chi connectivity index (χ3n) is 2.62. The van der Waals surface area contributed by atoms with E-state index in [2.05, 4.69) is 53.7 Å². The standard InChI is InChI=1S/C14H26O/c1-12(2,3)7-8-14(9-10-14)11-15-13(4,5)6/h7-8H,9-11H2,1-6H3. The van der Waals surface area contributed by atoms with Crippen LogP contribution in [0.2, 0.25) is 0 Å². The Morgan fingerprint density at radius 1 is 1.07 bits per heavy atom. The van der Waals surface area contributed by atoms with Crippen LogP contribution < -0.4 is 0 Å². The average molecular weight is 210 g/mol. The van der Waals surface area contributed by atoms with Gasteiger partial charge in [0.15, 0.2) is 0 Å². The Balaban J connectivity index is 2.44. The third-order valence-corrected chi connectivity index (χ3v) is 2.62. The van der Waals surface area contributed by atoms with E-state index in [-0.39, 0.29) is 11.0 Å². The Labute approximate surface area is 94.9 Å². The van der Waals surface area contributed by atoms with Crippen molar-refractivity contribution in [1.29, 1.82) is 0 Å². The van der Waals surface area contributed by atoms with E-state index in [1.165, 1.54) is 12.8 Å². The molecule has 0 atom stereocenters. The van der Waals surface area contributed by atoms with E-state index in [9.17, 15) is 0 Å². The van der Waals surface area contributed by atoms with Gasteiger partial charge in [0.2, 0.25) is 0 Å². The molecule has 0 heterocycles. The first kappa shape index (κ1) is 12.8. The van der Waals surface area contributed by atoms with Crippen molar-refractivity contribution in [3.05, 3.63) is 12.2 Å². The molecule has 0 bridgehead atoms. The molecule has 0 aromatic rings. The summed E-state index contributed by atoms with van der Waals surface area (Å²) in [4.78, 5) is 0. The topological polar surface area (TPSA) is 9.23 Å². The number of hydrogen-bond acceptors (Lipinski definition) is 1. The van der Waals surface area contributed by atoms with Gasteiger partial charge in [-0.3, -0.25) is 0 Å². The Hall–Kier alpha value is -0.300. The minimum Gasteiger partial charge on any atom is -0.375 e. The monoisotopic (exact) mass is 210 g/mol.